The molecule has 0 aliphatic rings. The van der Waals surface area contributed by atoms with Crippen LogP contribution in [0.5, 0.6) is 0 Å². The van der Waals surface area contributed by atoms with E-state index in [9.17, 15) is 9.59 Å². The molecule has 0 saturated heterocycles. The number of carbonyl (C=O) groups is 2. The van der Waals surface area contributed by atoms with Crippen molar-refractivity contribution in [1.29, 1.82) is 0 Å². The number of hydrogen-bond acceptors (Lipinski definition) is 3. The molecule has 170 valence electrons. The van der Waals surface area contributed by atoms with Crippen LogP contribution in [-0.2, 0) is 27.4 Å². The second-order valence-corrected chi connectivity index (χ2v) is 8.84. The maximum Gasteiger partial charge on any atom is 0.249 e. The summed E-state index contributed by atoms with van der Waals surface area (Å²) in [5, 5.41) is 0.724. The molecule has 0 unspecified atom stereocenters. The highest BCUT2D eigenvalue weighted by Gasteiger charge is 2.24. The number of rotatable bonds is 11. The summed E-state index contributed by atoms with van der Waals surface area (Å²) in [7, 11) is 1.48. The molecule has 1 aromatic carbocycles. The summed E-state index contributed by atoms with van der Waals surface area (Å²) in [5.41, 5.74) is 2.05. The second-order valence-electron chi connectivity index (χ2n) is 8.44. The van der Waals surface area contributed by atoms with Crippen LogP contribution in [0.4, 0.5) is 0 Å². The third-order valence-electron chi connectivity index (χ3n) is 5.03. The number of hydrogen-bond donors (Lipinski definition) is 0. The molecule has 7 heteroatoms. The first kappa shape index (κ1) is 25.0. The summed E-state index contributed by atoms with van der Waals surface area (Å²) in [6.45, 7) is 9.70. The third-order valence-corrected chi connectivity index (χ3v) is 5.40. The lowest BCUT2D eigenvalue weighted by atomic mass is 10.2. The number of methoxy groups -OCH3 is 1. The highest BCUT2D eigenvalue weighted by Crippen LogP contribution is 2.18. The van der Waals surface area contributed by atoms with Gasteiger partial charge in [0.15, 0.2) is 0 Å². The molecular weight excluding hydrogens is 414 g/mol. The molecule has 1 aromatic heterocycles. The fourth-order valence-electron chi connectivity index (χ4n) is 3.46. The Morgan fingerprint density at radius 3 is 2.39 bits per heavy atom. The fourth-order valence-corrected chi connectivity index (χ4v) is 3.65. The van der Waals surface area contributed by atoms with Gasteiger partial charge in [0.25, 0.3) is 0 Å². The van der Waals surface area contributed by atoms with Gasteiger partial charge in [-0.25, -0.2) is 0 Å². The maximum atomic E-state index is 13.2. The van der Waals surface area contributed by atoms with Crippen LogP contribution in [0.3, 0.4) is 0 Å². The van der Waals surface area contributed by atoms with Gasteiger partial charge in [-0.15, -0.1) is 0 Å². The Morgan fingerprint density at radius 1 is 1.06 bits per heavy atom. The van der Waals surface area contributed by atoms with E-state index >= 15 is 0 Å². The molecule has 31 heavy (non-hydrogen) atoms. The zero-order valence-electron chi connectivity index (χ0n) is 19.2. The van der Waals surface area contributed by atoms with Crippen molar-refractivity contribution < 1.29 is 14.3 Å². The predicted octanol–water partition coefficient (Wildman–Crippen LogP) is 4.06. The topological polar surface area (TPSA) is 54.8 Å². The van der Waals surface area contributed by atoms with Crippen molar-refractivity contribution in [2.24, 2.45) is 5.92 Å². The van der Waals surface area contributed by atoms with Crippen molar-refractivity contribution in [2.45, 2.75) is 46.8 Å². The molecule has 2 aromatic rings. The predicted molar refractivity (Wildman–Crippen MR) is 124 cm³/mol. The van der Waals surface area contributed by atoms with Crippen LogP contribution < -0.4 is 0 Å². The van der Waals surface area contributed by atoms with Gasteiger partial charge >= 0.3 is 0 Å². The summed E-state index contributed by atoms with van der Waals surface area (Å²) in [6, 6.07) is 11.7. The average Bonchev–Trinajstić information content (AvgIpc) is 3.13. The molecule has 6 nitrogen and oxygen atoms in total. The lowest BCUT2D eigenvalue weighted by molar-refractivity contribution is -0.144. The molecule has 0 aliphatic heterocycles. The molecule has 0 N–H and O–H groups in total. The van der Waals surface area contributed by atoms with Crippen molar-refractivity contribution >= 4 is 23.4 Å². The van der Waals surface area contributed by atoms with Crippen LogP contribution in [0.1, 0.15) is 39.0 Å². The minimum Gasteiger partial charge on any atom is -0.375 e. The van der Waals surface area contributed by atoms with E-state index < -0.39 is 0 Å². The Labute approximate surface area is 190 Å². The average molecular weight is 448 g/mol. The Balaban J connectivity index is 2.18. The largest absolute Gasteiger partial charge is 0.375 e. The Bertz CT molecular complexity index is 863. The van der Waals surface area contributed by atoms with Gasteiger partial charge in [0.2, 0.25) is 11.8 Å². The highest BCUT2D eigenvalue weighted by atomic mass is 35.5. The van der Waals surface area contributed by atoms with Crippen molar-refractivity contribution in [3.8, 4) is 0 Å². The third kappa shape index (κ3) is 7.40. The van der Waals surface area contributed by atoms with Crippen molar-refractivity contribution in [1.82, 2.24) is 14.4 Å². The van der Waals surface area contributed by atoms with Gasteiger partial charge in [0.1, 0.15) is 13.2 Å². The number of nitrogens with zero attached hydrogens (tertiary/aromatic N) is 3. The first-order chi connectivity index (χ1) is 14.7. The molecule has 0 bridgehead atoms. The van der Waals surface area contributed by atoms with Crippen LogP contribution in [0.15, 0.2) is 42.6 Å². The van der Waals surface area contributed by atoms with E-state index in [1.54, 1.807) is 4.90 Å². The minimum atomic E-state index is -0.183. The van der Waals surface area contributed by atoms with E-state index in [-0.39, 0.29) is 31.0 Å². The van der Waals surface area contributed by atoms with Gasteiger partial charge in [-0.2, -0.15) is 0 Å². The van der Waals surface area contributed by atoms with Crippen molar-refractivity contribution in [3.63, 3.8) is 0 Å². The molecule has 0 atom stereocenters. The normalized spacial score (nSPS) is 11.2. The molecule has 2 amide bonds. The van der Waals surface area contributed by atoms with Crippen LogP contribution >= 0.6 is 11.6 Å². The number of ether oxygens (including phenoxy) is 1. The van der Waals surface area contributed by atoms with Crippen molar-refractivity contribution in [3.05, 3.63) is 58.9 Å². The highest BCUT2D eigenvalue weighted by molar-refractivity contribution is 6.31. The van der Waals surface area contributed by atoms with Crippen LogP contribution in [0, 0.1) is 5.92 Å². The Hall–Kier alpha value is -2.31. The van der Waals surface area contributed by atoms with E-state index in [4.69, 9.17) is 16.3 Å². The molecule has 2 rings (SSSR count). The summed E-state index contributed by atoms with van der Waals surface area (Å²) in [4.78, 5) is 29.0. The Morgan fingerprint density at radius 2 is 1.77 bits per heavy atom. The van der Waals surface area contributed by atoms with E-state index in [0.717, 1.165) is 16.3 Å². The van der Waals surface area contributed by atoms with E-state index in [1.807, 2.05) is 61.3 Å². The summed E-state index contributed by atoms with van der Waals surface area (Å²) in [6.07, 6.45) is 2.00. The van der Waals surface area contributed by atoms with Crippen LogP contribution in [-0.4, -0.2) is 59.0 Å². The number of benzene rings is 1. The van der Waals surface area contributed by atoms with E-state index in [0.29, 0.717) is 25.6 Å². The second kappa shape index (κ2) is 11.9. The molecular formula is C24H34ClN3O3. The zero-order valence-corrected chi connectivity index (χ0v) is 19.9. The number of amides is 2. The van der Waals surface area contributed by atoms with Gasteiger partial charge in [0.05, 0.1) is 6.54 Å². The first-order valence-electron chi connectivity index (χ1n) is 10.7. The molecule has 0 aliphatic carbocycles. The Kier molecular flexibility index (Phi) is 9.59. The molecule has 0 radical (unpaired) electrons. The quantitative estimate of drug-likeness (QED) is 0.522. The molecule has 1 heterocycles. The summed E-state index contributed by atoms with van der Waals surface area (Å²) >= 11 is 6.34. The van der Waals surface area contributed by atoms with Gasteiger partial charge in [-0.1, -0.05) is 43.6 Å². The lowest BCUT2D eigenvalue weighted by Gasteiger charge is -2.31. The van der Waals surface area contributed by atoms with Crippen molar-refractivity contribution in [2.75, 3.05) is 26.8 Å². The van der Waals surface area contributed by atoms with Gasteiger partial charge in [-0.3, -0.25) is 9.59 Å². The van der Waals surface area contributed by atoms with Crippen LogP contribution in [0.2, 0.25) is 5.02 Å². The number of carbonyl (C=O) groups excluding carboxylic acids is 2. The molecule has 0 spiro atoms. The molecule has 0 saturated carbocycles. The van der Waals surface area contributed by atoms with Gasteiger partial charge < -0.3 is 19.1 Å². The number of halogens is 1. The monoisotopic (exact) mass is 447 g/mol. The smallest absolute Gasteiger partial charge is 0.249 e. The SMILES string of the molecule is COCC(=O)N(CC(=O)N(Cc1cccn1Cc1ccccc1Cl)CC(C)C)C(C)C. The van der Waals surface area contributed by atoms with Gasteiger partial charge in [0, 0.05) is 43.2 Å². The molecule has 0 fully saturated rings. The lowest BCUT2D eigenvalue weighted by Crippen LogP contribution is -2.47. The summed E-state index contributed by atoms with van der Waals surface area (Å²) in [5.74, 6) is 0.0490. The summed E-state index contributed by atoms with van der Waals surface area (Å²) < 4.78 is 7.09. The standard InChI is InChI=1S/C24H34ClN3O3/c1-18(2)13-27(23(29)16-28(19(3)4)24(30)17-31-5)15-21-10-8-12-26(21)14-20-9-6-7-11-22(20)25/h6-12,18-19H,13-17H2,1-5H3. The van der Waals surface area contributed by atoms with E-state index in [1.165, 1.54) is 7.11 Å². The first-order valence-corrected chi connectivity index (χ1v) is 11.0. The minimum absolute atomic E-state index is 0.0314. The van der Waals surface area contributed by atoms with E-state index in [2.05, 4.69) is 18.4 Å². The van der Waals surface area contributed by atoms with Crippen LogP contribution in [0.25, 0.3) is 0 Å². The zero-order chi connectivity index (χ0) is 23.0. The fraction of sp³-hybridized carbons (Fsp3) is 0.500. The maximum absolute atomic E-state index is 13.2. The number of aromatic nitrogens is 1. The van der Waals surface area contributed by atoms with Gasteiger partial charge in [-0.05, 0) is 43.5 Å².